The smallest absolute Gasteiger partial charge is 0.260 e. The highest BCUT2D eigenvalue weighted by atomic mass is 32.1. The third-order valence-electron chi connectivity index (χ3n) is 4.83. The molecule has 1 amide bonds. The van der Waals surface area contributed by atoms with E-state index in [1.54, 1.807) is 11.0 Å². The van der Waals surface area contributed by atoms with Crippen molar-refractivity contribution in [2.75, 3.05) is 31.1 Å². The van der Waals surface area contributed by atoms with E-state index < -0.39 is 11.6 Å². The number of likely N-dealkylation sites (N-methyl/N-ethyl adjacent to an activating group) is 1. The molecule has 0 spiro atoms. The Kier molecular flexibility index (Phi) is 6.36. The average Bonchev–Trinajstić information content (AvgIpc) is 3.09. The Morgan fingerprint density at radius 1 is 1.18 bits per heavy atom. The van der Waals surface area contributed by atoms with Gasteiger partial charge in [0.05, 0.1) is 30.9 Å². The number of anilines is 1. The largest absolute Gasteiger partial charge is 0.334 e. The van der Waals surface area contributed by atoms with Gasteiger partial charge in [0.25, 0.3) is 5.91 Å². The molecule has 2 aromatic carbocycles. The second-order valence-corrected chi connectivity index (χ2v) is 7.77. The molecule has 3 aromatic rings. The van der Waals surface area contributed by atoms with Crippen LogP contribution in [0, 0.1) is 18.6 Å². The molecule has 0 unspecified atom stereocenters. The molecule has 0 fully saturated rings. The Bertz CT molecular complexity index is 985. The van der Waals surface area contributed by atoms with Crippen molar-refractivity contribution in [2.24, 2.45) is 0 Å². The van der Waals surface area contributed by atoms with Gasteiger partial charge in [-0.2, -0.15) is 0 Å². The number of aryl methyl sites for hydroxylation is 1. The van der Waals surface area contributed by atoms with E-state index >= 15 is 0 Å². The number of aromatic nitrogens is 1. The fraction of sp³-hybridized carbons (Fsp3) is 0.333. The summed E-state index contributed by atoms with van der Waals surface area (Å²) in [4.78, 5) is 20.5. The van der Waals surface area contributed by atoms with Crippen molar-refractivity contribution in [2.45, 2.75) is 20.8 Å². The van der Waals surface area contributed by atoms with Crippen molar-refractivity contribution in [1.82, 2.24) is 4.98 Å². The minimum absolute atomic E-state index is 0.0960. The van der Waals surface area contributed by atoms with Gasteiger partial charge in [0, 0.05) is 11.6 Å². The summed E-state index contributed by atoms with van der Waals surface area (Å²) in [6, 6.07) is 9.43. The predicted octanol–water partition coefficient (Wildman–Crippen LogP) is 3.45. The third-order valence-corrected chi connectivity index (χ3v) is 5.86. The second kappa shape index (κ2) is 8.75. The molecule has 3 rings (SSSR count). The Labute approximate surface area is 167 Å². The number of halogens is 2. The molecule has 148 valence electrons. The van der Waals surface area contributed by atoms with Crippen LogP contribution in [0.15, 0.2) is 36.4 Å². The van der Waals surface area contributed by atoms with Gasteiger partial charge >= 0.3 is 0 Å². The van der Waals surface area contributed by atoms with E-state index in [0.29, 0.717) is 21.9 Å². The zero-order valence-electron chi connectivity index (χ0n) is 16.3. The van der Waals surface area contributed by atoms with Crippen LogP contribution >= 0.6 is 11.3 Å². The van der Waals surface area contributed by atoms with E-state index in [-0.39, 0.29) is 11.4 Å². The fourth-order valence-corrected chi connectivity index (χ4v) is 4.18. The van der Waals surface area contributed by atoms with E-state index in [2.05, 4.69) is 18.8 Å². The SMILES string of the molecule is CC[NH+](CC)CCN(C(=O)c1cccc(C)c1)c1nc2c(F)cc(F)cc2s1. The van der Waals surface area contributed by atoms with Crippen molar-refractivity contribution in [3.05, 3.63) is 59.2 Å². The number of nitrogens with zero attached hydrogens (tertiary/aromatic N) is 2. The second-order valence-electron chi connectivity index (χ2n) is 6.76. The maximum absolute atomic E-state index is 14.1. The van der Waals surface area contributed by atoms with E-state index in [9.17, 15) is 13.6 Å². The zero-order chi connectivity index (χ0) is 20.3. The van der Waals surface area contributed by atoms with E-state index in [4.69, 9.17) is 0 Å². The summed E-state index contributed by atoms with van der Waals surface area (Å²) >= 11 is 1.13. The molecule has 0 aliphatic rings. The number of carbonyl (C=O) groups is 1. The molecular weight excluding hydrogens is 380 g/mol. The molecule has 4 nitrogen and oxygen atoms in total. The molecule has 1 N–H and O–H groups in total. The highest BCUT2D eigenvalue weighted by Gasteiger charge is 2.24. The van der Waals surface area contributed by atoms with Crippen LogP contribution in [-0.2, 0) is 0 Å². The predicted molar refractivity (Wildman–Crippen MR) is 109 cm³/mol. The van der Waals surface area contributed by atoms with E-state index in [1.807, 2.05) is 25.1 Å². The summed E-state index contributed by atoms with van der Waals surface area (Å²) in [5.74, 6) is -1.55. The average molecular weight is 405 g/mol. The Morgan fingerprint density at radius 3 is 2.61 bits per heavy atom. The Balaban J connectivity index is 2.00. The van der Waals surface area contributed by atoms with Gasteiger partial charge in [-0.1, -0.05) is 29.0 Å². The minimum Gasteiger partial charge on any atom is -0.334 e. The van der Waals surface area contributed by atoms with E-state index in [0.717, 1.165) is 42.6 Å². The molecule has 0 bridgehead atoms. The molecule has 0 radical (unpaired) electrons. The van der Waals surface area contributed by atoms with Crippen molar-refractivity contribution in [3.8, 4) is 0 Å². The van der Waals surface area contributed by atoms with Crippen LogP contribution in [-0.4, -0.2) is 37.1 Å². The maximum atomic E-state index is 14.1. The van der Waals surface area contributed by atoms with Gasteiger partial charge in [-0.25, -0.2) is 13.8 Å². The van der Waals surface area contributed by atoms with Crippen LogP contribution < -0.4 is 9.80 Å². The van der Waals surface area contributed by atoms with Crippen LogP contribution in [0.25, 0.3) is 10.2 Å². The quantitative estimate of drug-likeness (QED) is 0.655. The van der Waals surface area contributed by atoms with Gasteiger partial charge in [0.15, 0.2) is 10.9 Å². The molecule has 1 aromatic heterocycles. The number of quaternary nitrogens is 1. The molecule has 0 aliphatic heterocycles. The number of nitrogens with one attached hydrogen (secondary N) is 1. The standard InChI is InChI=1S/C21H23F2N3OS/c1-4-25(5-2)9-10-26(20(27)15-8-6-7-14(3)11-15)21-24-19-17(23)12-16(22)13-18(19)28-21/h6-8,11-13H,4-5,9-10H2,1-3H3/p+1. The van der Waals surface area contributed by atoms with Crippen molar-refractivity contribution >= 4 is 32.6 Å². The first-order valence-electron chi connectivity index (χ1n) is 9.40. The number of thiazole rings is 1. The molecule has 0 aliphatic carbocycles. The summed E-state index contributed by atoms with van der Waals surface area (Å²) in [6.07, 6.45) is 0. The lowest BCUT2D eigenvalue weighted by Crippen LogP contribution is -3.12. The summed E-state index contributed by atoms with van der Waals surface area (Å²) in [7, 11) is 0. The van der Waals surface area contributed by atoms with Crippen molar-refractivity contribution < 1.29 is 18.5 Å². The summed E-state index contributed by atoms with van der Waals surface area (Å²) < 4.78 is 28.1. The first-order chi connectivity index (χ1) is 13.4. The minimum atomic E-state index is -0.713. The highest BCUT2D eigenvalue weighted by molar-refractivity contribution is 7.22. The van der Waals surface area contributed by atoms with Crippen LogP contribution in [0.2, 0.25) is 0 Å². The third kappa shape index (κ3) is 4.36. The first kappa shape index (κ1) is 20.4. The topological polar surface area (TPSA) is 37.6 Å². The van der Waals surface area contributed by atoms with Gasteiger partial charge < -0.3 is 4.90 Å². The van der Waals surface area contributed by atoms with Crippen LogP contribution in [0.1, 0.15) is 29.8 Å². The Morgan fingerprint density at radius 2 is 1.93 bits per heavy atom. The summed E-state index contributed by atoms with van der Waals surface area (Å²) in [6.45, 7) is 9.22. The Hall–Kier alpha value is -2.38. The summed E-state index contributed by atoms with van der Waals surface area (Å²) in [5, 5.41) is 0.387. The lowest BCUT2D eigenvalue weighted by molar-refractivity contribution is -0.894. The van der Waals surface area contributed by atoms with Crippen molar-refractivity contribution in [3.63, 3.8) is 0 Å². The number of fused-ring (bicyclic) bond motifs is 1. The molecule has 28 heavy (non-hydrogen) atoms. The molecule has 0 atom stereocenters. The normalized spacial score (nSPS) is 11.4. The van der Waals surface area contributed by atoms with Crippen molar-refractivity contribution in [1.29, 1.82) is 0 Å². The van der Waals surface area contributed by atoms with Crippen LogP contribution in [0.5, 0.6) is 0 Å². The number of rotatable bonds is 7. The number of hydrogen-bond donors (Lipinski definition) is 1. The van der Waals surface area contributed by atoms with Crippen LogP contribution in [0.3, 0.4) is 0 Å². The number of hydrogen-bond acceptors (Lipinski definition) is 3. The first-order valence-corrected chi connectivity index (χ1v) is 10.2. The van der Waals surface area contributed by atoms with Gasteiger partial charge in [-0.3, -0.25) is 9.69 Å². The van der Waals surface area contributed by atoms with Gasteiger partial charge in [-0.15, -0.1) is 0 Å². The maximum Gasteiger partial charge on any atom is 0.260 e. The van der Waals surface area contributed by atoms with Crippen LogP contribution in [0.4, 0.5) is 13.9 Å². The fourth-order valence-electron chi connectivity index (χ4n) is 3.15. The lowest BCUT2D eigenvalue weighted by Gasteiger charge is -2.23. The van der Waals surface area contributed by atoms with Gasteiger partial charge in [-0.05, 0) is 39.0 Å². The van der Waals surface area contributed by atoms with E-state index in [1.165, 1.54) is 11.0 Å². The molecule has 7 heteroatoms. The number of benzene rings is 2. The molecule has 0 saturated carbocycles. The number of carbonyl (C=O) groups excluding carboxylic acids is 1. The lowest BCUT2D eigenvalue weighted by atomic mass is 10.1. The van der Waals surface area contributed by atoms with Gasteiger partial charge in [0.1, 0.15) is 11.3 Å². The zero-order valence-corrected chi connectivity index (χ0v) is 17.1. The highest BCUT2D eigenvalue weighted by Crippen LogP contribution is 2.31. The molecule has 0 saturated heterocycles. The monoisotopic (exact) mass is 404 g/mol. The number of amides is 1. The van der Waals surface area contributed by atoms with Gasteiger partial charge in [0.2, 0.25) is 0 Å². The summed E-state index contributed by atoms with van der Waals surface area (Å²) in [5.41, 5.74) is 1.64. The molecule has 1 heterocycles. The molecular formula is C21H24F2N3OS+.